The zero-order valence-corrected chi connectivity index (χ0v) is 13.2. The molecule has 5 heteroatoms. The molecule has 120 valence electrons. The third-order valence-electron chi connectivity index (χ3n) is 4.41. The van der Waals surface area contributed by atoms with Gasteiger partial charge in [0, 0.05) is 37.6 Å². The van der Waals surface area contributed by atoms with E-state index in [-0.39, 0.29) is 5.91 Å². The lowest BCUT2D eigenvalue weighted by molar-refractivity contribution is 0.0602. The molecule has 1 aliphatic heterocycles. The minimum absolute atomic E-state index is 0.0552. The van der Waals surface area contributed by atoms with Gasteiger partial charge in [0.15, 0.2) is 0 Å². The molecular formula is C19H18N4O. The van der Waals surface area contributed by atoms with E-state index >= 15 is 0 Å². The molecule has 0 atom stereocenters. The van der Waals surface area contributed by atoms with Gasteiger partial charge in [-0.2, -0.15) is 5.10 Å². The average Bonchev–Trinajstić information content (AvgIpc) is 3.04. The van der Waals surface area contributed by atoms with E-state index in [0.717, 1.165) is 13.1 Å². The van der Waals surface area contributed by atoms with E-state index in [9.17, 15) is 4.79 Å². The first-order valence-electron chi connectivity index (χ1n) is 8.05. The maximum Gasteiger partial charge on any atom is 0.257 e. The number of rotatable bonds is 4. The maximum atomic E-state index is 12.5. The van der Waals surface area contributed by atoms with Crippen LogP contribution in [0.5, 0.6) is 0 Å². The van der Waals surface area contributed by atoms with Gasteiger partial charge >= 0.3 is 0 Å². The molecule has 1 fully saturated rings. The molecule has 1 aliphatic rings. The van der Waals surface area contributed by atoms with Crippen molar-refractivity contribution in [3.8, 4) is 0 Å². The summed E-state index contributed by atoms with van der Waals surface area (Å²) in [5.41, 5.74) is 3.06. The molecule has 24 heavy (non-hydrogen) atoms. The van der Waals surface area contributed by atoms with Crippen LogP contribution in [-0.4, -0.2) is 38.7 Å². The summed E-state index contributed by atoms with van der Waals surface area (Å²) in [5, 5.41) is 4.31. The molecular weight excluding hydrogens is 300 g/mol. The van der Waals surface area contributed by atoms with E-state index in [1.807, 2.05) is 46.1 Å². The molecule has 3 aromatic rings. The van der Waals surface area contributed by atoms with Crippen molar-refractivity contribution in [2.75, 3.05) is 13.1 Å². The van der Waals surface area contributed by atoms with E-state index in [2.05, 4.69) is 22.2 Å². The number of amides is 1. The van der Waals surface area contributed by atoms with Crippen LogP contribution in [0.4, 0.5) is 0 Å². The van der Waals surface area contributed by atoms with Crippen LogP contribution in [0.1, 0.15) is 27.4 Å². The number of pyridine rings is 1. The molecule has 1 saturated heterocycles. The Morgan fingerprint density at radius 2 is 1.83 bits per heavy atom. The van der Waals surface area contributed by atoms with Crippen molar-refractivity contribution < 1.29 is 4.79 Å². The Morgan fingerprint density at radius 3 is 2.58 bits per heavy atom. The number of nitrogens with zero attached hydrogens (tertiary/aromatic N) is 4. The second kappa shape index (κ2) is 6.28. The smallest absolute Gasteiger partial charge is 0.257 e. The first kappa shape index (κ1) is 14.6. The van der Waals surface area contributed by atoms with Crippen molar-refractivity contribution in [2.45, 2.75) is 12.5 Å². The Labute approximate surface area is 140 Å². The van der Waals surface area contributed by atoms with E-state index in [4.69, 9.17) is 0 Å². The predicted octanol–water partition coefficient (Wildman–Crippen LogP) is 2.57. The van der Waals surface area contributed by atoms with Gasteiger partial charge in [0.2, 0.25) is 0 Å². The molecule has 0 spiro atoms. The van der Waals surface area contributed by atoms with Crippen molar-refractivity contribution >= 4 is 5.91 Å². The van der Waals surface area contributed by atoms with Gasteiger partial charge in [-0.1, -0.05) is 30.3 Å². The van der Waals surface area contributed by atoms with Crippen LogP contribution >= 0.6 is 0 Å². The van der Waals surface area contributed by atoms with Crippen molar-refractivity contribution in [3.05, 3.63) is 83.9 Å². The molecule has 0 bridgehead atoms. The van der Waals surface area contributed by atoms with Crippen LogP contribution < -0.4 is 0 Å². The summed E-state index contributed by atoms with van der Waals surface area (Å²) >= 11 is 0. The number of hydrogen-bond acceptors (Lipinski definition) is 3. The van der Waals surface area contributed by atoms with Crippen LogP contribution in [0.25, 0.3) is 0 Å². The highest BCUT2D eigenvalue weighted by Gasteiger charge is 2.32. The monoisotopic (exact) mass is 318 g/mol. The fraction of sp³-hybridized carbons (Fsp3) is 0.211. The number of aromatic nitrogens is 3. The van der Waals surface area contributed by atoms with E-state index in [1.165, 1.54) is 11.1 Å². The standard InChI is InChI=1S/C19H18N4O/c24-19(22-12-18(13-22)16-6-8-20-9-7-16)17-10-21-23(14-17)11-15-4-2-1-3-5-15/h1-10,14,18H,11-13H2. The molecule has 3 heterocycles. The van der Waals surface area contributed by atoms with Gasteiger partial charge in [-0.15, -0.1) is 0 Å². The van der Waals surface area contributed by atoms with Crippen LogP contribution in [0.15, 0.2) is 67.3 Å². The second-order valence-electron chi connectivity index (χ2n) is 6.10. The van der Waals surface area contributed by atoms with E-state index in [1.54, 1.807) is 18.6 Å². The fourth-order valence-electron chi connectivity index (χ4n) is 3.00. The summed E-state index contributed by atoms with van der Waals surface area (Å²) in [6.07, 6.45) is 7.08. The highest BCUT2D eigenvalue weighted by Crippen LogP contribution is 2.27. The van der Waals surface area contributed by atoms with Gasteiger partial charge in [0.1, 0.15) is 0 Å². The van der Waals surface area contributed by atoms with Gasteiger partial charge in [0.05, 0.1) is 18.3 Å². The van der Waals surface area contributed by atoms with Gasteiger partial charge in [-0.3, -0.25) is 14.5 Å². The Bertz CT molecular complexity index is 823. The molecule has 0 unspecified atom stereocenters. The molecule has 5 nitrogen and oxygen atoms in total. The van der Waals surface area contributed by atoms with Crippen molar-refractivity contribution in [2.24, 2.45) is 0 Å². The third kappa shape index (κ3) is 2.93. The number of likely N-dealkylation sites (tertiary alicyclic amines) is 1. The van der Waals surface area contributed by atoms with Crippen molar-refractivity contribution in [1.82, 2.24) is 19.7 Å². The van der Waals surface area contributed by atoms with Gasteiger partial charge in [0.25, 0.3) is 5.91 Å². The van der Waals surface area contributed by atoms with Crippen LogP contribution in [0, 0.1) is 0 Å². The maximum absolute atomic E-state index is 12.5. The summed E-state index contributed by atoms with van der Waals surface area (Å²) in [4.78, 5) is 18.4. The average molecular weight is 318 g/mol. The zero-order valence-electron chi connectivity index (χ0n) is 13.2. The molecule has 0 radical (unpaired) electrons. The Balaban J connectivity index is 1.38. The van der Waals surface area contributed by atoms with E-state index in [0.29, 0.717) is 18.0 Å². The Hall–Kier alpha value is -2.95. The third-order valence-corrected chi connectivity index (χ3v) is 4.41. The normalized spacial score (nSPS) is 14.4. The van der Waals surface area contributed by atoms with Gasteiger partial charge in [-0.05, 0) is 23.3 Å². The minimum atomic E-state index is 0.0552. The van der Waals surface area contributed by atoms with Gasteiger partial charge < -0.3 is 4.90 Å². The second-order valence-corrected chi connectivity index (χ2v) is 6.10. The predicted molar refractivity (Wildman–Crippen MR) is 90.7 cm³/mol. The number of carbonyl (C=O) groups is 1. The Morgan fingerprint density at radius 1 is 1.08 bits per heavy atom. The summed E-state index contributed by atoms with van der Waals surface area (Å²) in [6, 6.07) is 14.1. The summed E-state index contributed by atoms with van der Waals surface area (Å²) in [7, 11) is 0. The summed E-state index contributed by atoms with van der Waals surface area (Å²) < 4.78 is 1.81. The molecule has 4 rings (SSSR count). The quantitative estimate of drug-likeness (QED) is 0.743. The van der Waals surface area contributed by atoms with Gasteiger partial charge in [-0.25, -0.2) is 0 Å². The van der Waals surface area contributed by atoms with Crippen LogP contribution in [-0.2, 0) is 6.54 Å². The molecule has 2 aromatic heterocycles. The Kier molecular flexibility index (Phi) is 3.83. The summed E-state index contributed by atoms with van der Waals surface area (Å²) in [5.74, 6) is 0.468. The first-order chi connectivity index (χ1) is 11.8. The van der Waals surface area contributed by atoms with Crippen molar-refractivity contribution in [1.29, 1.82) is 0 Å². The highest BCUT2D eigenvalue weighted by atomic mass is 16.2. The molecule has 0 N–H and O–H groups in total. The van der Waals surface area contributed by atoms with Crippen molar-refractivity contribution in [3.63, 3.8) is 0 Å². The minimum Gasteiger partial charge on any atom is -0.337 e. The molecule has 1 aromatic carbocycles. The molecule has 0 saturated carbocycles. The topological polar surface area (TPSA) is 51.0 Å². The SMILES string of the molecule is O=C(c1cnn(Cc2ccccc2)c1)N1CC(c2ccncc2)C1. The number of carbonyl (C=O) groups excluding carboxylic acids is 1. The molecule has 1 amide bonds. The lowest BCUT2D eigenvalue weighted by Crippen LogP contribution is -2.48. The number of benzene rings is 1. The van der Waals surface area contributed by atoms with Crippen LogP contribution in [0.2, 0.25) is 0 Å². The summed E-state index contributed by atoms with van der Waals surface area (Å²) in [6.45, 7) is 2.19. The van der Waals surface area contributed by atoms with Crippen LogP contribution in [0.3, 0.4) is 0 Å². The highest BCUT2D eigenvalue weighted by molar-refractivity contribution is 5.94. The first-order valence-corrected chi connectivity index (χ1v) is 8.05. The fourth-order valence-corrected chi connectivity index (χ4v) is 3.00. The number of hydrogen-bond donors (Lipinski definition) is 0. The lowest BCUT2D eigenvalue weighted by atomic mass is 9.92. The lowest BCUT2D eigenvalue weighted by Gasteiger charge is -2.39. The van der Waals surface area contributed by atoms with E-state index < -0.39 is 0 Å². The zero-order chi connectivity index (χ0) is 16.4. The molecule has 0 aliphatic carbocycles. The largest absolute Gasteiger partial charge is 0.337 e.